The lowest BCUT2D eigenvalue weighted by Gasteiger charge is -2.38. The number of nitrogens with one attached hydrogen (secondary N) is 1. The molecule has 1 aliphatic carbocycles. The molecule has 1 aromatic carbocycles. The van der Waals surface area contributed by atoms with Crippen LogP contribution in [0.25, 0.3) is 21.5 Å². The Bertz CT molecular complexity index is 895. The average Bonchev–Trinajstić information content (AvgIpc) is 3.19. The number of benzene rings is 1. The molecule has 0 unspecified atom stereocenters. The van der Waals surface area contributed by atoms with Gasteiger partial charge in [-0.2, -0.15) is 4.37 Å². The molecule has 2 aromatic heterocycles. The maximum absolute atomic E-state index is 4.72. The van der Waals surface area contributed by atoms with E-state index in [0.29, 0.717) is 0 Å². The van der Waals surface area contributed by atoms with Gasteiger partial charge in [-0.15, -0.1) is 0 Å². The average molecular weight is 381 g/mol. The van der Waals surface area contributed by atoms with Crippen molar-refractivity contribution in [2.45, 2.75) is 38.1 Å². The van der Waals surface area contributed by atoms with Crippen LogP contribution < -0.4 is 9.80 Å². The highest BCUT2D eigenvalue weighted by Gasteiger charge is 2.30. The Morgan fingerprint density at radius 1 is 0.963 bits per heavy atom. The van der Waals surface area contributed by atoms with Crippen LogP contribution in [0.15, 0.2) is 36.7 Å². The second-order valence-corrected chi connectivity index (χ2v) is 8.53. The minimum atomic E-state index is 0.888. The zero-order valence-electron chi connectivity index (χ0n) is 15.6. The first-order chi connectivity index (χ1) is 13.4. The van der Waals surface area contributed by atoms with E-state index in [1.807, 2.05) is 11.0 Å². The molecule has 5 nitrogen and oxygen atoms in total. The van der Waals surface area contributed by atoms with E-state index in [4.69, 9.17) is 4.37 Å². The highest BCUT2D eigenvalue weighted by molar-refractivity contribution is 7.14. The Morgan fingerprint density at radius 2 is 1.74 bits per heavy atom. The van der Waals surface area contributed by atoms with Gasteiger partial charge in [0.25, 0.3) is 0 Å². The minimum absolute atomic E-state index is 0.888. The van der Waals surface area contributed by atoms with Crippen LogP contribution in [-0.4, -0.2) is 46.6 Å². The highest BCUT2D eigenvalue weighted by Crippen LogP contribution is 2.34. The monoisotopic (exact) mass is 380 g/mol. The normalized spacial score (nSPS) is 19.6. The summed E-state index contributed by atoms with van der Waals surface area (Å²) in [6, 6.07) is 11.2. The van der Waals surface area contributed by atoms with E-state index >= 15 is 0 Å². The summed E-state index contributed by atoms with van der Waals surface area (Å²) >= 11 is 1.53. The van der Waals surface area contributed by atoms with Gasteiger partial charge in [-0.05, 0) is 37.2 Å². The van der Waals surface area contributed by atoms with E-state index in [0.717, 1.165) is 46.4 Å². The van der Waals surface area contributed by atoms with Gasteiger partial charge in [0.05, 0.1) is 32.2 Å². The molecule has 1 aliphatic heterocycles. The van der Waals surface area contributed by atoms with Crippen LogP contribution in [0.3, 0.4) is 0 Å². The van der Waals surface area contributed by atoms with Gasteiger partial charge in [0, 0.05) is 5.56 Å². The third-order valence-corrected chi connectivity index (χ3v) is 7.00. The number of aromatic nitrogens is 3. The predicted octanol–water partition coefficient (Wildman–Crippen LogP) is 2.79. The number of nitrogens with zero attached hydrogens (tertiary/aromatic N) is 4. The first-order valence-electron chi connectivity index (χ1n) is 10.2. The van der Waals surface area contributed by atoms with Crippen LogP contribution in [0.4, 0.5) is 5.82 Å². The summed E-state index contributed by atoms with van der Waals surface area (Å²) in [5.74, 6) is 1.07. The lowest BCUT2D eigenvalue weighted by atomic mass is 9.94. The molecule has 1 N–H and O–H groups in total. The quantitative estimate of drug-likeness (QED) is 0.759. The fraction of sp³-hybridized carbons (Fsp3) is 0.476. The van der Waals surface area contributed by atoms with Crippen molar-refractivity contribution in [3.63, 3.8) is 0 Å². The van der Waals surface area contributed by atoms with Gasteiger partial charge in [0.15, 0.2) is 5.82 Å². The Balaban J connectivity index is 1.37. The predicted molar refractivity (Wildman–Crippen MR) is 110 cm³/mol. The third kappa shape index (κ3) is 3.32. The maximum Gasteiger partial charge on any atom is 0.152 e. The fourth-order valence-electron chi connectivity index (χ4n) is 4.69. The van der Waals surface area contributed by atoms with E-state index in [9.17, 15) is 0 Å². The second-order valence-electron chi connectivity index (χ2n) is 7.75. The van der Waals surface area contributed by atoms with Gasteiger partial charge in [-0.3, -0.25) is 0 Å². The Hall–Kier alpha value is -2.05. The molecular weight excluding hydrogens is 354 g/mol. The number of rotatable bonds is 3. The summed E-state index contributed by atoms with van der Waals surface area (Å²) in [6.45, 7) is 4.61. The second kappa shape index (κ2) is 7.52. The fourth-order valence-corrected chi connectivity index (χ4v) is 5.56. The van der Waals surface area contributed by atoms with E-state index in [1.165, 1.54) is 56.7 Å². The molecule has 2 fully saturated rings. The maximum atomic E-state index is 4.72. The van der Waals surface area contributed by atoms with Crippen molar-refractivity contribution in [2.24, 2.45) is 0 Å². The molecule has 27 heavy (non-hydrogen) atoms. The van der Waals surface area contributed by atoms with Crippen molar-refractivity contribution >= 4 is 27.6 Å². The molecule has 1 saturated carbocycles. The molecule has 5 rings (SSSR count). The van der Waals surface area contributed by atoms with Crippen LogP contribution in [0, 0.1) is 0 Å². The van der Waals surface area contributed by atoms with E-state index in [2.05, 4.69) is 39.1 Å². The molecule has 0 bridgehead atoms. The molecule has 0 amide bonds. The molecule has 0 radical (unpaired) electrons. The Kier molecular flexibility index (Phi) is 4.76. The van der Waals surface area contributed by atoms with Gasteiger partial charge in [-0.25, -0.2) is 9.97 Å². The summed E-state index contributed by atoms with van der Waals surface area (Å²) in [6.07, 6.45) is 8.83. The van der Waals surface area contributed by atoms with Gasteiger partial charge in [-0.1, -0.05) is 36.8 Å². The van der Waals surface area contributed by atoms with Crippen LogP contribution in [0.1, 0.15) is 32.1 Å². The van der Waals surface area contributed by atoms with Crippen molar-refractivity contribution in [1.82, 2.24) is 14.3 Å². The first kappa shape index (κ1) is 17.1. The Morgan fingerprint density at radius 3 is 2.52 bits per heavy atom. The van der Waals surface area contributed by atoms with Crippen LogP contribution in [0.2, 0.25) is 0 Å². The largest absolute Gasteiger partial charge is 0.344 e. The van der Waals surface area contributed by atoms with Crippen LogP contribution in [-0.2, 0) is 0 Å². The molecule has 1 saturated heterocycles. The van der Waals surface area contributed by atoms with Crippen molar-refractivity contribution in [3.05, 3.63) is 36.7 Å². The summed E-state index contributed by atoms with van der Waals surface area (Å²) in [5, 5.41) is 0. The third-order valence-electron chi connectivity index (χ3n) is 6.17. The SMILES string of the molecule is c1ccc(-c2nsc3c(N4CC[NH+](C5CCCCC5)CC4)ncnc23)cc1. The summed E-state index contributed by atoms with van der Waals surface area (Å²) in [7, 11) is 0. The van der Waals surface area contributed by atoms with Crippen LogP contribution >= 0.6 is 11.5 Å². The van der Waals surface area contributed by atoms with Crippen LogP contribution in [0.5, 0.6) is 0 Å². The van der Waals surface area contributed by atoms with Crippen molar-refractivity contribution < 1.29 is 4.90 Å². The molecule has 6 heteroatoms. The Labute approximate surface area is 164 Å². The zero-order chi connectivity index (χ0) is 18.1. The van der Waals surface area contributed by atoms with Gasteiger partial charge >= 0.3 is 0 Å². The molecule has 2 aliphatic rings. The number of fused-ring (bicyclic) bond motifs is 1. The highest BCUT2D eigenvalue weighted by atomic mass is 32.1. The lowest BCUT2D eigenvalue weighted by molar-refractivity contribution is -0.927. The van der Waals surface area contributed by atoms with Crippen molar-refractivity contribution in [3.8, 4) is 11.3 Å². The number of hydrogen-bond donors (Lipinski definition) is 1. The molecule has 3 heterocycles. The van der Waals surface area contributed by atoms with Crippen molar-refractivity contribution in [1.29, 1.82) is 0 Å². The van der Waals surface area contributed by atoms with Gasteiger partial charge < -0.3 is 9.80 Å². The molecule has 3 aromatic rings. The summed E-state index contributed by atoms with van der Waals surface area (Å²) < 4.78 is 5.84. The number of anilines is 1. The van der Waals surface area contributed by atoms with E-state index < -0.39 is 0 Å². The molecular formula is C21H26N5S+. The first-order valence-corrected chi connectivity index (χ1v) is 10.9. The standard InChI is InChI=1S/C21H25N5S/c1-3-7-16(8-4-1)18-19-20(27-24-18)21(23-15-22-19)26-13-11-25(12-14-26)17-9-5-2-6-10-17/h1,3-4,7-8,15,17H,2,5-6,9-14H2/p+1. The van der Waals surface area contributed by atoms with E-state index in [1.54, 1.807) is 6.33 Å². The molecule has 0 atom stereocenters. The summed E-state index contributed by atoms with van der Waals surface area (Å²) in [5.41, 5.74) is 3.09. The number of piperazine rings is 1. The smallest absolute Gasteiger partial charge is 0.152 e. The molecule has 140 valence electrons. The minimum Gasteiger partial charge on any atom is -0.344 e. The van der Waals surface area contributed by atoms with Gasteiger partial charge in [0.1, 0.15) is 22.2 Å². The zero-order valence-corrected chi connectivity index (χ0v) is 16.4. The lowest BCUT2D eigenvalue weighted by Crippen LogP contribution is -3.18. The van der Waals surface area contributed by atoms with Crippen molar-refractivity contribution in [2.75, 3.05) is 31.1 Å². The van der Waals surface area contributed by atoms with Gasteiger partial charge in [0.2, 0.25) is 0 Å². The number of hydrogen-bond acceptors (Lipinski definition) is 5. The number of quaternary nitrogens is 1. The topological polar surface area (TPSA) is 46.4 Å². The summed E-state index contributed by atoms with van der Waals surface area (Å²) in [4.78, 5) is 13.5. The van der Waals surface area contributed by atoms with E-state index in [-0.39, 0.29) is 0 Å². The molecule has 0 spiro atoms.